The van der Waals surface area contributed by atoms with Gasteiger partial charge in [-0.2, -0.15) is 0 Å². The van der Waals surface area contributed by atoms with Crippen LogP contribution in [0.3, 0.4) is 0 Å². The van der Waals surface area contributed by atoms with Crippen LogP contribution >= 0.6 is 0 Å². The Bertz CT molecular complexity index is 364. The van der Waals surface area contributed by atoms with E-state index in [9.17, 15) is 5.11 Å². The van der Waals surface area contributed by atoms with Crippen molar-refractivity contribution in [3.63, 3.8) is 0 Å². The van der Waals surface area contributed by atoms with Crippen molar-refractivity contribution in [3.05, 3.63) is 23.8 Å². The highest BCUT2D eigenvalue weighted by molar-refractivity contribution is 5.40. The van der Waals surface area contributed by atoms with E-state index in [0.717, 1.165) is 17.1 Å². The average Bonchev–Trinajstić information content (AvgIpc) is 2.29. The van der Waals surface area contributed by atoms with Crippen LogP contribution in [0, 0.1) is 0 Å². The molecule has 1 aromatic carbocycles. The molecule has 0 aliphatic carbocycles. The number of hydrogen-bond donors (Lipinski definition) is 2. The molecule has 0 aliphatic rings. The van der Waals surface area contributed by atoms with E-state index in [-0.39, 0.29) is 12.2 Å². The van der Waals surface area contributed by atoms with E-state index in [4.69, 9.17) is 9.47 Å². The lowest BCUT2D eigenvalue weighted by atomic mass is 10.2. The van der Waals surface area contributed by atoms with Crippen LogP contribution in [0.4, 0.5) is 0 Å². The zero-order valence-electron chi connectivity index (χ0n) is 11.6. The van der Waals surface area contributed by atoms with Crippen molar-refractivity contribution >= 4 is 0 Å². The highest BCUT2D eigenvalue weighted by Gasteiger charge is 2.08. The lowest BCUT2D eigenvalue weighted by Crippen LogP contribution is -2.24. The van der Waals surface area contributed by atoms with Crippen LogP contribution in [0.2, 0.25) is 0 Å². The molecule has 102 valence electrons. The van der Waals surface area contributed by atoms with E-state index in [1.54, 1.807) is 14.0 Å². The topological polar surface area (TPSA) is 50.7 Å². The van der Waals surface area contributed by atoms with E-state index < -0.39 is 0 Å². The molecule has 0 saturated carbocycles. The van der Waals surface area contributed by atoms with Crippen LogP contribution in [0.5, 0.6) is 11.5 Å². The van der Waals surface area contributed by atoms with Gasteiger partial charge in [0.15, 0.2) is 0 Å². The van der Waals surface area contributed by atoms with Gasteiger partial charge in [-0.3, -0.25) is 0 Å². The number of nitrogens with one attached hydrogen (secondary N) is 1. The molecule has 0 fully saturated rings. The molecule has 2 N–H and O–H groups in total. The Kier molecular flexibility index (Phi) is 5.95. The first kappa shape index (κ1) is 14.8. The summed E-state index contributed by atoms with van der Waals surface area (Å²) >= 11 is 0. The van der Waals surface area contributed by atoms with Crippen molar-refractivity contribution < 1.29 is 14.6 Å². The normalized spacial score (nSPS) is 12.6. The summed E-state index contributed by atoms with van der Waals surface area (Å²) in [5.74, 6) is 1.60. The predicted molar refractivity (Wildman–Crippen MR) is 72.1 cm³/mol. The third-order valence-corrected chi connectivity index (χ3v) is 2.39. The second kappa shape index (κ2) is 7.24. The van der Waals surface area contributed by atoms with Crippen molar-refractivity contribution in [1.29, 1.82) is 0 Å². The van der Waals surface area contributed by atoms with Gasteiger partial charge in [0.25, 0.3) is 0 Å². The van der Waals surface area contributed by atoms with E-state index in [1.807, 2.05) is 32.0 Å². The van der Waals surface area contributed by atoms with Gasteiger partial charge in [-0.05, 0) is 26.8 Å². The van der Waals surface area contributed by atoms with Crippen molar-refractivity contribution in [2.75, 3.05) is 13.7 Å². The number of benzene rings is 1. The van der Waals surface area contributed by atoms with E-state index in [2.05, 4.69) is 5.32 Å². The molecule has 0 amide bonds. The largest absolute Gasteiger partial charge is 0.497 e. The molecule has 1 rings (SSSR count). The highest BCUT2D eigenvalue weighted by Crippen LogP contribution is 2.25. The fourth-order valence-corrected chi connectivity index (χ4v) is 1.59. The molecule has 4 nitrogen and oxygen atoms in total. The summed E-state index contributed by atoms with van der Waals surface area (Å²) in [7, 11) is 1.64. The van der Waals surface area contributed by atoms with Gasteiger partial charge in [0.05, 0.1) is 19.3 Å². The Balaban J connectivity index is 2.74. The van der Waals surface area contributed by atoms with Crippen LogP contribution in [-0.4, -0.2) is 31.0 Å². The molecule has 0 saturated heterocycles. The lowest BCUT2D eigenvalue weighted by molar-refractivity contribution is 0.190. The van der Waals surface area contributed by atoms with Gasteiger partial charge < -0.3 is 19.9 Å². The molecule has 0 bridgehead atoms. The number of ether oxygens (including phenoxy) is 2. The van der Waals surface area contributed by atoms with Crippen molar-refractivity contribution in [2.24, 2.45) is 0 Å². The number of methoxy groups -OCH3 is 1. The smallest absolute Gasteiger partial charge is 0.127 e. The van der Waals surface area contributed by atoms with Gasteiger partial charge in [0, 0.05) is 24.7 Å². The third-order valence-electron chi connectivity index (χ3n) is 2.39. The molecule has 0 radical (unpaired) electrons. The minimum atomic E-state index is -0.349. The summed E-state index contributed by atoms with van der Waals surface area (Å²) in [4.78, 5) is 0. The Morgan fingerprint density at radius 2 is 2.00 bits per heavy atom. The van der Waals surface area contributed by atoms with E-state index >= 15 is 0 Å². The van der Waals surface area contributed by atoms with Crippen LogP contribution in [0.15, 0.2) is 18.2 Å². The molecule has 1 aromatic rings. The van der Waals surface area contributed by atoms with E-state index in [0.29, 0.717) is 13.1 Å². The average molecular weight is 253 g/mol. The number of aliphatic hydroxyl groups is 1. The van der Waals surface area contributed by atoms with Gasteiger partial charge in [-0.15, -0.1) is 0 Å². The van der Waals surface area contributed by atoms with Crippen LogP contribution < -0.4 is 14.8 Å². The standard InChI is InChI=1S/C14H23NO3/c1-10(2)18-14-7-13(17-4)6-5-12(14)9-15-8-11(3)16/h5-7,10-11,15-16H,8-9H2,1-4H3. The fourth-order valence-electron chi connectivity index (χ4n) is 1.59. The molecule has 0 aliphatic heterocycles. The number of aliphatic hydroxyl groups excluding tert-OH is 1. The van der Waals surface area contributed by atoms with Crippen molar-refractivity contribution in [3.8, 4) is 11.5 Å². The Morgan fingerprint density at radius 3 is 2.56 bits per heavy atom. The molecule has 0 heterocycles. The molecule has 4 heteroatoms. The molecule has 1 atom stereocenters. The summed E-state index contributed by atoms with van der Waals surface area (Å²) < 4.78 is 11.0. The zero-order chi connectivity index (χ0) is 13.5. The predicted octanol–water partition coefficient (Wildman–Crippen LogP) is 1.95. The van der Waals surface area contributed by atoms with Crippen LogP contribution in [0.1, 0.15) is 26.3 Å². The Morgan fingerprint density at radius 1 is 1.28 bits per heavy atom. The Labute approximate surface area is 109 Å². The molecular formula is C14H23NO3. The molecule has 0 spiro atoms. The van der Waals surface area contributed by atoms with Crippen molar-refractivity contribution in [1.82, 2.24) is 5.32 Å². The highest BCUT2D eigenvalue weighted by atomic mass is 16.5. The second-order valence-corrected chi connectivity index (χ2v) is 4.62. The SMILES string of the molecule is COc1ccc(CNCC(C)O)c(OC(C)C)c1. The quantitative estimate of drug-likeness (QED) is 0.780. The maximum Gasteiger partial charge on any atom is 0.127 e. The number of hydrogen-bond acceptors (Lipinski definition) is 4. The summed E-state index contributed by atoms with van der Waals surface area (Å²) in [5.41, 5.74) is 1.06. The summed E-state index contributed by atoms with van der Waals surface area (Å²) in [6, 6.07) is 5.78. The van der Waals surface area contributed by atoms with Crippen LogP contribution in [-0.2, 0) is 6.54 Å². The minimum Gasteiger partial charge on any atom is -0.497 e. The van der Waals surface area contributed by atoms with Gasteiger partial charge in [0.1, 0.15) is 11.5 Å². The molecular weight excluding hydrogens is 230 g/mol. The van der Waals surface area contributed by atoms with Gasteiger partial charge in [0.2, 0.25) is 0 Å². The first-order valence-electron chi connectivity index (χ1n) is 6.25. The maximum atomic E-state index is 9.21. The summed E-state index contributed by atoms with van der Waals surface area (Å²) in [5, 5.41) is 12.4. The lowest BCUT2D eigenvalue weighted by Gasteiger charge is -2.16. The zero-order valence-corrected chi connectivity index (χ0v) is 11.6. The summed E-state index contributed by atoms with van der Waals surface area (Å²) in [6.07, 6.45) is -0.231. The molecule has 18 heavy (non-hydrogen) atoms. The van der Waals surface area contributed by atoms with E-state index in [1.165, 1.54) is 0 Å². The second-order valence-electron chi connectivity index (χ2n) is 4.62. The van der Waals surface area contributed by atoms with Crippen LogP contribution in [0.25, 0.3) is 0 Å². The molecule has 0 aromatic heterocycles. The minimum absolute atomic E-state index is 0.118. The molecule has 1 unspecified atom stereocenters. The monoisotopic (exact) mass is 253 g/mol. The van der Waals surface area contributed by atoms with Gasteiger partial charge in [-0.25, -0.2) is 0 Å². The van der Waals surface area contributed by atoms with Gasteiger partial charge >= 0.3 is 0 Å². The van der Waals surface area contributed by atoms with Crippen molar-refractivity contribution in [2.45, 2.75) is 39.5 Å². The first-order valence-corrected chi connectivity index (χ1v) is 6.25. The summed E-state index contributed by atoms with van der Waals surface area (Å²) in [6.45, 7) is 6.97. The first-order chi connectivity index (χ1) is 8.52. The van der Waals surface area contributed by atoms with Gasteiger partial charge in [-0.1, -0.05) is 6.07 Å². The maximum absolute atomic E-state index is 9.21. The third kappa shape index (κ3) is 4.94. The fraction of sp³-hybridized carbons (Fsp3) is 0.571. The number of rotatable bonds is 7. The Hall–Kier alpha value is -1.26.